The van der Waals surface area contributed by atoms with Crippen LogP contribution in [0.4, 0.5) is 11.4 Å². The first kappa shape index (κ1) is 37.0. The summed E-state index contributed by atoms with van der Waals surface area (Å²) in [6.45, 7) is 4.72. The van der Waals surface area contributed by atoms with Gasteiger partial charge in [-0.15, -0.1) is 0 Å². The van der Waals surface area contributed by atoms with Crippen molar-refractivity contribution in [1.29, 1.82) is 0 Å². The number of carbonyl (C=O) groups is 1. The van der Waals surface area contributed by atoms with E-state index in [9.17, 15) is 9.59 Å². The van der Waals surface area contributed by atoms with Crippen LogP contribution in [0, 0.1) is 0 Å². The molecule has 290 valence electrons. The van der Waals surface area contributed by atoms with Gasteiger partial charge in [0.05, 0.1) is 42.1 Å². The number of hydrogen-bond donors (Lipinski definition) is 2. The van der Waals surface area contributed by atoms with E-state index in [1.54, 1.807) is 37.0 Å². The molecule has 0 fully saturated rings. The van der Waals surface area contributed by atoms with Gasteiger partial charge in [-0.05, 0) is 58.1 Å². The van der Waals surface area contributed by atoms with E-state index in [0.29, 0.717) is 51.7 Å². The Kier molecular flexibility index (Phi) is 9.56. The molecule has 6 aromatic rings. The minimum atomic E-state index is -0.168. The second-order valence-corrected chi connectivity index (χ2v) is 17.4. The summed E-state index contributed by atoms with van der Waals surface area (Å²) in [5, 5.41) is 4.03. The predicted molar refractivity (Wildman–Crippen MR) is 228 cm³/mol. The maximum atomic E-state index is 13.8. The Morgan fingerprint density at radius 3 is 2.18 bits per heavy atom. The number of hydrogen-bond acceptors (Lipinski definition) is 10. The van der Waals surface area contributed by atoms with Gasteiger partial charge in [0.2, 0.25) is 0 Å². The van der Waals surface area contributed by atoms with Gasteiger partial charge in [0.25, 0.3) is 11.5 Å². The van der Waals surface area contributed by atoms with E-state index in [1.807, 2.05) is 65.2 Å². The second kappa shape index (κ2) is 14.7. The summed E-state index contributed by atoms with van der Waals surface area (Å²) in [4.78, 5) is 34.2. The molecule has 0 radical (unpaired) electrons. The standard InChI is InChI=1S/C45H42N4O6S2/c1-45(2,56)25-57-24-28-14-26(22-54-39-20-33-31(18-37(39)52-3)43(50)48-35-11-7-5-9-29(35)16-41(48)46-33)13-27(15-28)23-55-40-21-34-32(19-38(40)53-4)44(51)49-36-12-8-6-10-30(36)17-42(49)47-34/h5-15,18-21,41,46,56H,16-17,22-25H2,1-4H3/t41-/m0/s1. The summed E-state index contributed by atoms with van der Waals surface area (Å²) < 4.78 is 26.0. The quantitative estimate of drug-likeness (QED) is 0.118. The first-order valence-corrected chi connectivity index (χ1v) is 20.5. The van der Waals surface area contributed by atoms with E-state index in [1.165, 1.54) is 0 Å². The summed E-state index contributed by atoms with van der Waals surface area (Å²) in [5.41, 5.74) is 8.71. The SMILES string of the molecule is COc1cc2c(cc1OCc1cc(COc3cc4nc5n(c(=O)c4cc3OC)-c3ccccc3C5)cc(CSCC(C)(C)S)c1)N[C@@H]1Cc3ccccc3N1C2=O. The Morgan fingerprint density at radius 1 is 0.807 bits per heavy atom. The van der Waals surface area contributed by atoms with Crippen molar-refractivity contribution in [3.05, 3.63) is 141 Å². The molecule has 57 heavy (non-hydrogen) atoms. The first-order valence-electron chi connectivity index (χ1n) is 18.9. The van der Waals surface area contributed by atoms with Gasteiger partial charge >= 0.3 is 0 Å². The van der Waals surface area contributed by atoms with E-state index in [2.05, 4.69) is 43.4 Å². The van der Waals surface area contributed by atoms with E-state index in [-0.39, 0.29) is 35.6 Å². The lowest BCUT2D eigenvalue weighted by Gasteiger charge is -2.33. The number of thiol groups is 1. The fourth-order valence-electron chi connectivity index (χ4n) is 7.95. The van der Waals surface area contributed by atoms with Gasteiger partial charge in [0.1, 0.15) is 25.2 Å². The van der Waals surface area contributed by atoms with Crippen molar-refractivity contribution in [2.45, 2.75) is 56.6 Å². The molecule has 3 aliphatic rings. The molecule has 0 spiro atoms. The molecular formula is C45H42N4O6S2. The van der Waals surface area contributed by atoms with Crippen LogP contribution in [0.2, 0.25) is 0 Å². The molecular weight excluding hydrogens is 757 g/mol. The molecule has 5 aromatic carbocycles. The number of methoxy groups -OCH3 is 2. The van der Waals surface area contributed by atoms with E-state index in [0.717, 1.165) is 62.8 Å². The molecule has 3 aliphatic heterocycles. The largest absolute Gasteiger partial charge is 0.493 e. The fraction of sp³-hybridized carbons (Fsp3) is 0.267. The molecule has 1 atom stereocenters. The summed E-state index contributed by atoms with van der Waals surface area (Å²) >= 11 is 6.54. The van der Waals surface area contributed by atoms with Crippen molar-refractivity contribution in [3.8, 4) is 28.7 Å². The Balaban J connectivity index is 0.975. The predicted octanol–water partition coefficient (Wildman–Crippen LogP) is 8.36. The van der Waals surface area contributed by atoms with Crippen LogP contribution in [-0.2, 0) is 31.8 Å². The fourth-order valence-corrected chi connectivity index (χ4v) is 9.23. The Hall–Kier alpha value is -5.59. The molecule has 4 heterocycles. The van der Waals surface area contributed by atoms with Crippen molar-refractivity contribution in [1.82, 2.24) is 9.55 Å². The molecule has 9 rings (SSSR count). The highest BCUT2D eigenvalue weighted by molar-refractivity contribution is 7.99. The maximum absolute atomic E-state index is 13.8. The van der Waals surface area contributed by atoms with Gasteiger partial charge in [-0.3, -0.25) is 19.1 Å². The van der Waals surface area contributed by atoms with Crippen LogP contribution < -0.4 is 34.7 Å². The molecule has 1 N–H and O–H groups in total. The van der Waals surface area contributed by atoms with Crippen LogP contribution in [0.5, 0.6) is 23.0 Å². The molecule has 10 nitrogen and oxygen atoms in total. The molecule has 0 bridgehead atoms. The third kappa shape index (κ3) is 7.05. The van der Waals surface area contributed by atoms with Crippen LogP contribution in [-0.4, -0.2) is 46.3 Å². The average Bonchev–Trinajstić information content (AvgIpc) is 3.76. The molecule has 0 saturated carbocycles. The number of thioether (sulfide) groups is 1. The molecule has 0 unspecified atom stereocenters. The third-order valence-electron chi connectivity index (χ3n) is 10.5. The normalized spacial score (nSPS) is 15.0. The molecule has 1 aromatic heterocycles. The zero-order valence-corrected chi connectivity index (χ0v) is 33.8. The van der Waals surface area contributed by atoms with Gasteiger partial charge in [-0.2, -0.15) is 24.4 Å². The molecule has 0 aliphatic carbocycles. The van der Waals surface area contributed by atoms with Gasteiger partial charge < -0.3 is 24.3 Å². The number of para-hydroxylation sites is 2. The van der Waals surface area contributed by atoms with Crippen LogP contribution in [0.1, 0.15) is 57.8 Å². The smallest absolute Gasteiger partial charge is 0.266 e. The summed E-state index contributed by atoms with van der Waals surface area (Å²) in [6, 6.07) is 29.4. The number of nitrogens with one attached hydrogen (secondary N) is 1. The number of rotatable bonds is 12. The monoisotopic (exact) mass is 798 g/mol. The van der Waals surface area contributed by atoms with E-state index >= 15 is 0 Å². The third-order valence-corrected chi connectivity index (χ3v) is 12.3. The molecule has 1 amide bonds. The Morgan fingerprint density at radius 2 is 1.46 bits per heavy atom. The van der Waals surface area contributed by atoms with Gasteiger partial charge in [-0.25, -0.2) is 4.98 Å². The first-order chi connectivity index (χ1) is 27.6. The average molecular weight is 799 g/mol. The number of ether oxygens (including phenoxy) is 4. The Labute approximate surface area is 340 Å². The number of fused-ring (bicyclic) bond motifs is 8. The zero-order valence-electron chi connectivity index (χ0n) is 32.1. The maximum Gasteiger partial charge on any atom is 0.266 e. The highest BCUT2D eigenvalue weighted by atomic mass is 32.2. The van der Waals surface area contributed by atoms with Crippen molar-refractivity contribution in [2.75, 3.05) is 30.2 Å². The van der Waals surface area contributed by atoms with Gasteiger partial charge in [0, 0.05) is 46.9 Å². The number of carbonyl (C=O) groups excluding carboxylic acids is 1. The number of amides is 1. The van der Waals surface area contributed by atoms with Gasteiger partial charge in [-0.1, -0.05) is 62.4 Å². The lowest BCUT2D eigenvalue weighted by molar-refractivity contribution is 0.0978. The highest BCUT2D eigenvalue weighted by Gasteiger charge is 2.39. The zero-order chi connectivity index (χ0) is 39.4. The minimum Gasteiger partial charge on any atom is -0.493 e. The lowest BCUT2D eigenvalue weighted by atomic mass is 10.1. The molecule has 0 saturated heterocycles. The van der Waals surface area contributed by atoms with Crippen molar-refractivity contribution < 1.29 is 23.7 Å². The van der Waals surface area contributed by atoms with E-state index in [4.69, 9.17) is 36.6 Å². The number of benzene rings is 5. The van der Waals surface area contributed by atoms with Crippen molar-refractivity contribution in [3.63, 3.8) is 0 Å². The summed E-state index contributed by atoms with van der Waals surface area (Å²) in [7, 11) is 3.15. The number of anilines is 2. The number of aromatic nitrogens is 2. The van der Waals surface area contributed by atoms with Crippen molar-refractivity contribution >= 4 is 52.6 Å². The topological polar surface area (TPSA) is 104 Å². The van der Waals surface area contributed by atoms with Crippen LogP contribution in [0.3, 0.4) is 0 Å². The Bertz CT molecular complexity index is 2640. The molecule has 12 heteroatoms. The number of nitrogens with zero attached hydrogens (tertiary/aromatic N) is 3. The highest BCUT2D eigenvalue weighted by Crippen LogP contribution is 2.42. The lowest BCUT2D eigenvalue weighted by Crippen LogP contribution is -2.46. The van der Waals surface area contributed by atoms with E-state index < -0.39 is 0 Å². The minimum absolute atomic E-state index is 0.0663. The van der Waals surface area contributed by atoms with Crippen LogP contribution in [0.25, 0.3) is 16.6 Å². The summed E-state index contributed by atoms with van der Waals surface area (Å²) in [5.74, 6) is 4.25. The second-order valence-electron chi connectivity index (χ2n) is 15.3. The van der Waals surface area contributed by atoms with Crippen LogP contribution >= 0.6 is 24.4 Å². The van der Waals surface area contributed by atoms with Gasteiger partial charge in [0.15, 0.2) is 23.0 Å². The van der Waals surface area contributed by atoms with Crippen molar-refractivity contribution in [2.24, 2.45) is 0 Å². The summed E-state index contributed by atoms with van der Waals surface area (Å²) in [6.07, 6.45) is 1.14. The van der Waals surface area contributed by atoms with Crippen LogP contribution in [0.15, 0.2) is 95.8 Å².